The minimum Gasteiger partial charge on any atom is -0.497 e. The lowest BCUT2D eigenvalue weighted by atomic mass is 9.56. The molecule has 5 nitrogen and oxygen atoms in total. The van der Waals surface area contributed by atoms with E-state index >= 15 is 0 Å². The third kappa shape index (κ3) is 3.55. The first-order valence-electron chi connectivity index (χ1n) is 10.8. The summed E-state index contributed by atoms with van der Waals surface area (Å²) < 4.78 is 5.55. The van der Waals surface area contributed by atoms with E-state index in [-0.39, 0.29) is 5.41 Å². The SMILES string of the molecule is COc1ccc2c(c1)[C@]1(CCN[C@@H](C)C(=O)O)CCN(CC3CC3)[C@H](C2)[C@@H]1C. The first-order valence-corrected chi connectivity index (χ1v) is 10.8. The standard InChI is InChI=1S/C23H34N2O3/c1-15-21-12-18-6-7-19(28-3)13-20(18)23(15,8-10-24-16(2)22(26)27)9-11-25(21)14-17-4-5-17/h6-7,13,15-17,21,24H,4-5,8-12,14H2,1-3H3,(H,26,27)/t15-,16-,21+,23+/m0/s1. The largest absolute Gasteiger partial charge is 0.497 e. The number of carbonyl (C=O) groups is 1. The molecule has 1 saturated heterocycles. The van der Waals surface area contributed by atoms with Crippen molar-refractivity contribution >= 4 is 5.97 Å². The van der Waals surface area contributed by atoms with Crippen molar-refractivity contribution in [1.82, 2.24) is 10.2 Å². The van der Waals surface area contributed by atoms with Crippen LogP contribution in [-0.2, 0) is 16.6 Å². The van der Waals surface area contributed by atoms with Gasteiger partial charge >= 0.3 is 5.97 Å². The summed E-state index contributed by atoms with van der Waals surface area (Å²) in [5.41, 5.74) is 2.99. The molecular formula is C23H34N2O3. The summed E-state index contributed by atoms with van der Waals surface area (Å²) in [4.78, 5) is 14.0. The molecule has 4 rings (SSSR count). The van der Waals surface area contributed by atoms with E-state index in [1.807, 2.05) is 0 Å². The van der Waals surface area contributed by atoms with Crippen LogP contribution in [0.15, 0.2) is 18.2 Å². The molecule has 154 valence electrons. The zero-order valence-electron chi connectivity index (χ0n) is 17.4. The molecule has 0 spiro atoms. The fourth-order valence-corrected chi connectivity index (χ4v) is 5.60. The number of nitrogens with one attached hydrogen (secondary N) is 1. The Morgan fingerprint density at radius 2 is 2.21 bits per heavy atom. The Morgan fingerprint density at radius 3 is 2.89 bits per heavy atom. The van der Waals surface area contributed by atoms with Crippen molar-refractivity contribution in [3.8, 4) is 5.75 Å². The van der Waals surface area contributed by atoms with Gasteiger partial charge in [-0.25, -0.2) is 0 Å². The highest BCUT2D eigenvalue weighted by Crippen LogP contribution is 2.52. The Labute approximate surface area is 168 Å². The number of rotatable bonds is 8. The van der Waals surface area contributed by atoms with E-state index in [1.165, 1.54) is 30.5 Å². The molecule has 2 N–H and O–H groups in total. The number of likely N-dealkylation sites (tertiary alicyclic amines) is 1. The van der Waals surface area contributed by atoms with E-state index in [0.717, 1.165) is 44.0 Å². The van der Waals surface area contributed by atoms with E-state index in [2.05, 4.69) is 35.3 Å². The average Bonchev–Trinajstić information content (AvgIpc) is 3.49. The van der Waals surface area contributed by atoms with E-state index in [0.29, 0.717) is 12.0 Å². The number of ether oxygens (including phenoxy) is 1. The molecule has 1 saturated carbocycles. The van der Waals surface area contributed by atoms with Crippen molar-refractivity contribution in [3.63, 3.8) is 0 Å². The highest BCUT2D eigenvalue weighted by Gasteiger charge is 2.51. The molecule has 0 radical (unpaired) electrons. The number of nitrogens with zero attached hydrogens (tertiary/aromatic N) is 1. The molecule has 2 bridgehead atoms. The number of carboxylic acids is 1. The van der Waals surface area contributed by atoms with Crippen LogP contribution in [0.25, 0.3) is 0 Å². The molecule has 2 fully saturated rings. The second-order valence-corrected chi connectivity index (χ2v) is 9.19. The quantitative estimate of drug-likeness (QED) is 0.719. The minimum atomic E-state index is -0.784. The molecule has 28 heavy (non-hydrogen) atoms. The maximum absolute atomic E-state index is 11.2. The fourth-order valence-electron chi connectivity index (χ4n) is 5.60. The maximum atomic E-state index is 11.2. The highest BCUT2D eigenvalue weighted by atomic mass is 16.5. The van der Waals surface area contributed by atoms with E-state index in [9.17, 15) is 9.90 Å². The summed E-state index contributed by atoms with van der Waals surface area (Å²) in [6, 6.07) is 6.68. The molecule has 2 aliphatic carbocycles. The van der Waals surface area contributed by atoms with Gasteiger partial charge in [0.25, 0.3) is 0 Å². The van der Waals surface area contributed by atoms with Crippen molar-refractivity contribution in [2.24, 2.45) is 11.8 Å². The number of fused-ring (bicyclic) bond motifs is 4. The van der Waals surface area contributed by atoms with Gasteiger partial charge in [0.15, 0.2) is 0 Å². The summed E-state index contributed by atoms with van der Waals surface area (Å²) >= 11 is 0. The van der Waals surface area contributed by atoms with Crippen molar-refractivity contribution in [2.75, 3.05) is 26.7 Å². The van der Waals surface area contributed by atoms with Crippen molar-refractivity contribution in [1.29, 1.82) is 0 Å². The fraction of sp³-hybridized carbons (Fsp3) is 0.696. The van der Waals surface area contributed by atoms with Gasteiger partial charge in [0, 0.05) is 18.0 Å². The van der Waals surface area contributed by atoms with Crippen LogP contribution in [0.4, 0.5) is 0 Å². The summed E-state index contributed by atoms with van der Waals surface area (Å²) in [5, 5.41) is 12.4. The van der Waals surface area contributed by atoms with Gasteiger partial charge in [-0.2, -0.15) is 0 Å². The number of hydrogen-bond acceptors (Lipinski definition) is 4. The first kappa shape index (κ1) is 19.7. The molecule has 5 heteroatoms. The third-order valence-corrected chi connectivity index (χ3v) is 7.63. The van der Waals surface area contributed by atoms with Crippen LogP contribution < -0.4 is 10.1 Å². The summed E-state index contributed by atoms with van der Waals surface area (Å²) in [6.07, 6.45) is 6.02. The van der Waals surface area contributed by atoms with Crippen LogP contribution in [0.3, 0.4) is 0 Å². The summed E-state index contributed by atoms with van der Waals surface area (Å²) in [6.45, 7) is 7.28. The molecular weight excluding hydrogens is 352 g/mol. The van der Waals surface area contributed by atoms with Crippen LogP contribution in [0.1, 0.15) is 50.7 Å². The second kappa shape index (κ2) is 7.68. The number of piperidine rings is 1. The number of carboxylic acid groups (broad SMARTS) is 1. The number of aliphatic carboxylic acids is 1. The number of benzene rings is 1. The molecule has 0 aromatic heterocycles. The normalized spacial score (nSPS) is 30.5. The predicted octanol–water partition coefficient (Wildman–Crippen LogP) is 3.06. The van der Waals surface area contributed by atoms with Crippen LogP contribution in [-0.4, -0.2) is 54.8 Å². The van der Waals surface area contributed by atoms with E-state index in [1.54, 1.807) is 14.0 Å². The Kier molecular flexibility index (Phi) is 5.41. The Balaban J connectivity index is 1.62. The smallest absolute Gasteiger partial charge is 0.320 e. The Bertz CT molecular complexity index is 733. The summed E-state index contributed by atoms with van der Waals surface area (Å²) in [7, 11) is 1.73. The highest BCUT2D eigenvalue weighted by molar-refractivity contribution is 5.72. The second-order valence-electron chi connectivity index (χ2n) is 9.19. The van der Waals surface area contributed by atoms with Crippen molar-refractivity contribution in [2.45, 2.75) is 63.5 Å². The lowest BCUT2D eigenvalue weighted by molar-refractivity contribution is -0.139. The third-order valence-electron chi connectivity index (χ3n) is 7.63. The van der Waals surface area contributed by atoms with Gasteiger partial charge in [-0.05, 0) is 87.2 Å². The minimum absolute atomic E-state index is 0.0953. The molecule has 1 heterocycles. The monoisotopic (exact) mass is 386 g/mol. The predicted molar refractivity (Wildman–Crippen MR) is 110 cm³/mol. The van der Waals surface area contributed by atoms with Gasteiger partial charge in [0.1, 0.15) is 11.8 Å². The molecule has 0 amide bonds. The number of methoxy groups -OCH3 is 1. The van der Waals surface area contributed by atoms with Gasteiger partial charge in [0.2, 0.25) is 0 Å². The molecule has 1 aliphatic heterocycles. The number of hydrogen-bond donors (Lipinski definition) is 2. The van der Waals surface area contributed by atoms with Crippen LogP contribution in [0.5, 0.6) is 5.75 Å². The van der Waals surface area contributed by atoms with Crippen molar-refractivity contribution < 1.29 is 14.6 Å². The molecule has 4 atom stereocenters. The van der Waals surface area contributed by atoms with Gasteiger partial charge in [-0.3, -0.25) is 9.69 Å². The molecule has 0 unspecified atom stereocenters. The first-order chi connectivity index (χ1) is 13.4. The topological polar surface area (TPSA) is 61.8 Å². The zero-order chi connectivity index (χ0) is 19.9. The molecule has 1 aromatic carbocycles. The van der Waals surface area contributed by atoms with Gasteiger partial charge in [0.05, 0.1) is 7.11 Å². The average molecular weight is 387 g/mol. The maximum Gasteiger partial charge on any atom is 0.320 e. The Morgan fingerprint density at radius 1 is 1.43 bits per heavy atom. The lowest BCUT2D eigenvalue weighted by Crippen LogP contribution is -2.60. The van der Waals surface area contributed by atoms with Gasteiger partial charge < -0.3 is 15.2 Å². The summed E-state index contributed by atoms with van der Waals surface area (Å²) in [5.74, 6) is 1.61. The van der Waals surface area contributed by atoms with E-state index < -0.39 is 12.0 Å². The lowest BCUT2D eigenvalue weighted by Gasteiger charge is -2.56. The molecule has 1 aromatic rings. The van der Waals surface area contributed by atoms with Crippen LogP contribution >= 0.6 is 0 Å². The van der Waals surface area contributed by atoms with Crippen LogP contribution in [0, 0.1) is 11.8 Å². The van der Waals surface area contributed by atoms with E-state index in [4.69, 9.17) is 4.74 Å². The van der Waals surface area contributed by atoms with Gasteiger partial charge in [-0.1, -0.05) is 13.0 Å². The Hall–Kier alpha value is -1.59. The molecule has 3 aliphatic rings. The van der Waals surface area contributed by atoms with Crippen molar-refractivity contribution in [3.05, 3.63) is 29.3 Å². The van der Waals surface area contributed by atoms with Gasteiger partial charge in [-0.15, -0.1) is 0 Å². The zero-order valence-corrected chi connectivity index (χ0v) is 17.4. The van der Waals surface area contributed by atoms with Crippen LogP contribution in [0.2, 0.25) is 0 Å².